The average molecular weight is 147 g/mol. The highest BCUT2D eigenvalue weighted by molar-refractivity contribution is 5.36. The lowest BCUT2D eigenvalue weighted by Gasteiger charge is -2.12. The highest BCUT2D eigenvalue weighted by Gasteiger charge is 2.09. The molecule has 2 nitrogen and oxygen atoms in total. The maximum Gasteiger partial charge on any atom is 0.286 e. The topological polar surface area (TPSA) is 29.5 Å². The van der Waals surface area contributed by atoms with Crippen molar-refractivity contribution in [3.8, 4) is 5.75 Å². The monoisotopic (exact) mass is 147 g/mol. The van der Waals surface area contributed by atoms with Crippen LogP contribution in [-0.2, 0) is 6.42 Å². The number of allylic oxidation sites excluding steroid dienone is 1. The Bertz CT molecular complexity index is 302. The Morgan fingerprint density at radius 2 is 2.18 bits per heavy atom. The van der Waals surface area contributed by atoms with Crippen molar-refractivity contribution >= 4 is 0 Å². The van der Waals surface area contributed by atoms with Crippen LogP contribution in [0, 0.1) is 6.08 Å². The Kier molecular flexibility index (Phi) is 1.32. The number of aliphatic hydroxyl groups is 1. The molecule has 1 aromatic carbocycles. The van der Waals surface area contributed by atoms with E-state index in [2.05, 4.69) is 6.08 Å². The first-order chi connectivity index (χ1) is 5.36. The van der Waals surface area contributed by atoms with Crippen molar-refractivity contribution in [3.05, 3.63) is 41.9 Å². The van der Waals surface area contributed by atoms with Crippen LogP contribution in [0.25, 0.3) is 0 Å². The van der Waals surface area contributed by atoms with E-state index in [1.54, 1.807) is 0 Å². The predicted octanol–water partition coefficient (Wildman–Crippen LogP) is 1.82. The summed E-state index contributed by atoms with van der Waals surface area (Å²) in [5.74, 6) is 0.604. The van der Waals surface area contributed by atoms with Gasteiger partial charge in [0.15, 0.2) is 0 Å². The molecule has 1 heterocycles. The van der Waals surface area contributed by atoms with Gasteiger partial charge in [0.25, 0.3) is 5.95 Å². The van der Waals surface area contributed by atoms with Gasteiger partial charge in [-0.2, -0.15) is 0 Å². The van der Waals surface area contributed by atoms with Gasteiger partial charge in [-0.05, 0) is 11.6 Å². The Labute approximate surface area is 64.7 Å². The number of hydrogen-bond donors (Lipinski definition) is 1. The number of benzene rings is 1. The summed E-state index contributed by atoms with van der Waals surface area (Å²) in [6.07, 6.45) is 3.32. The fourth-order valence-electron chi connectivity index (χ4n) is 1.06. The van der Waals surface area contributed by atoms with Crippen molar-refractivity contribution < 1.29 is 9.84 Å². The summed E-state index contributed by atoms with van der Waals surface area (Å²) >= 11 is 0. The molecule has 1 N–H and O–H groups in total. The standard InChI is InChI=1S/C9H7O2/c10-9-6-5-7-3-1-2-4-8(7)11-9/h1-4,10H,5H2. The number of ether oxygens (including phenoxy) is 1. The molecule has 2 heteroatoms. The molecule has 0 bridgehead atoms. The molecule has 55 valence electrons. The second-order valence-electron chi connectivity index (χ2n) is 2.37. The minimum atomic E-state index is -0.122. The van der Waals surface area contributed by atoms with E-state index in [0.717, 1.165) is 11.3 Å². The summed E-state index contributed by atoms with van der Waals surface area (Å²) in [5.41, 5.74) is 1.06. The molecule has 0 aliphatic carbocycles. The van der Waals surface area contributed by atoms with Gasteiger partial charge in [0.1, 0.15) is 5.75 Å². The van der Waals surface area contributed by atoms with Gasteiger partial charge in [-0.1, -0.05) is 18.2 Å². The lowest BCUT2D eigenvalue weighted by Crippen LogP contribution is -2.03. The van der Waals surface area contributed by atoms with Crippen molar-refractivity contribution in [3.63, 3.8) is 0 Å². The van der Waals surface area contributed by atoms with E-state index in [-0.39, 0.29) is 5.95 Å². The summed E-state index contributed by atoms with van der Waals surface area (Å²) in [7, 11) is 0. The Hall–Kier alpha value is -1.44. The molecule has 1 radical (unpaired) electrons. The summed E-state index contributed by atoms with van der Waals surface area (Å²) < 4.78 is 4.99. The van der Waals surface area contributed by atoms with Gasteiger partial charge in [0.05, 0.1) is 0 Å². The van der Waals surface area contributed by atoms with Crippen LogP contribution >= 0.6 is 0 Å². The molecule has 0 saturated heterocycles. The fraction of sp³-hybridized carbons (Fsp3) is 0.111. The van der Waals surface area contributed by atoms with Crippen molar-refractivity contribution in [1.29, 1.82) is 0 Å². The second kappa shape index (κ2) is 2.31. The smallest absolute Gasteiger partial charge is 0.286 e. The molecular weight excluding hydrogens is 140 g/mol. The largest absolute Gasteiger partial charge is 0.480 e. The van der Waals surface area contributed by atoms with Crippen LogP contribution in [0.15, 0.2) is 30.2 Å². The highest BCUT2D eigenvalue weighted by Crippen LogP contribution is 2.23. The number of aliphatic hydroxyl groups excluding tert-OH is 1. The maximum absolute atomic E-state index is 8.94. The van der Waals surface area contributed by atoms with E-state index in [9.17, 15) is 0 Å². The first-order valence-corrected chi connectivity index (χ1v) is 3.42. The zero-order chi connectivity index (χ0) is 7.68. The molecule has 0 amide bonds. The third kappa shape index (κ3) is 1.07. The van der Waals surface area contributed by atoms with Crippen LogP contribution in [-0.4, -0.2) is 5.11 Å². The molecule has 0 fully saturated rings. The third-order valence-corrected chi connectivity index (χ3v) is 1.61. The average Bonchev–Trinajstić information content (AvgIpc) is 2.04. The Morgan fingerprint density at radius 3 is 3.09 bits per heavy atom. The minimum absolute atomic E-state index is 0.122. The van der Waals surface area contributed by atoms with Gasteiger partial charge in [-0.15, -0.1) is 0 Å². The SMILES string of the molecule is OC1=[C]Cc2ccccc2O1. The highest BCUT2D eigenvalue weighted by atomic mass is 16.6. The number of hydrogen-bond acceptors (Lipinski definition) is 2. The van der Waals surface area contributed by atoms with Crippen LogP contribution in [0.4, 0.5) is 0 Å². The van der Waals surface area contributed by atoms with Crippen LogP contribution in [0.2, 0.25) is 0 Å². The van der Waals surface area contributed by atoms with Gasteiger partial charge < -0.3 is 9.84 Å². The van der Waals surface area contributed by atoms with Crippen molar-refractivity contribution in [2.75, 3.05) is 0 Å². The molecule has 1 aromatic rings. The zero-order valence-electron chi connectivity index (χ0n) is 5.87. The summed E-state index contributed by atoms with van der Waals surface area (Å²) in [5, 5.41) is 8.94. The van der Waals surface area contributed by atoms with Gasteiger partial charge >= 0.3 is 0 Å². The predicted molar refractivity (Wildman–Crippen MR) is 40.2 cm³/mol. The van der Waals surface area contributed by atoms with Crippen molar-refractivity contribution in [2.45, 2.75) is 6.42 Å². The first kappa shape index (κ1) is 6.28. The number of fused-ring (bicyclic) bond motifs is 1. The van der Waals surface area contributed by atoms with Crippen LogP contribution < -0.4 is 4.74 Å². The van der Waals surface area contributed by atoms with E-state index in [0.29, 0.717) is 6.42 Å². The molecule has 0 saturated carbocycles. The molecule has 1 aliphatic heterocycles. The number of rotatable bonds is 0. The van der Waals surface area contributed by atoms with E-state index in [4.69, 9.17) is 9.84 Å². The normalized spacial score (nSPS) is 14.7. The lowest BCUT2D eigenvalue weighted by atomic mass is 10.1. The summed E-state index contributed by atoms with van der Waals surface area (Å²) in [4.78, 5) is 0. The van der Waals surface area contributed by atoms with Crippen LogP contribution in [0.1, 0.15) is 5.56 Å². The maximum atomic E-state index is 8.94. The van der Waals surface area contributed by atoms with Crippen molar-refractivity contribution in [2.24, 2.45) is 0 Å². The Balaban J connectivity index is 2.42. The molecule has 11 heavy (non-hydrogen) atoms. The molecule has 0 atom stereocenters. The third-order valence-electron chi connectivity index (χ3n) is 1.61. The molecule has 0 aromatic heterocycles. The van der Waals surface area contributed by atoms with Gasteiger partial charge in [0.2, 0.25) is 0 Å². The number of para-hydroxylation sites is 1. The second-order valence-corrected chi connectivity index (χ2v) is 2.37. The molecule has 1 aliphatic rings. The van der Waals surface area contributed by atoms with Gasteiger partial charge in [-0.3, -0.25) is 0 Å². The lowest BCUT2D eigenvalue weighted by molar-refractivity contribution is 0.197. The fourth-order valence-corrected chi connectivity index (χ4v) is 1.06. The first-order valence-electron chi connectivity index (χ1n) is 3.42. The van der Waals surface area contributed by atoms with E-state index in [1.165, 1.54) is 0 Å². The van der Waals surface area contributed by atoms with E-state index < -0.39 is 0 Å². The minimum Gasteiger partial charge on any atom is -0.480 e. The van der Waals surface area contributed by atoms with Gasteiger partial charge in [-0.25, -0.2) is 0 Å². The summed E-state index contributed by atoms with van der Waals surface area (Å²) in [6, 6.07) is 7.59. The molecular formula is C9H7O2. The van der Waals surface area contributed by atoms with E-state index in [1.807, 2.05) is 24.3 Å². The van der Waals surface area contributed by atoms with Gasteiger partial charge in [0, 0.05) is 12.5 Å². The zero-order valence-corrected chi connectivity index (χ0v) is 5.87. The van der Waals surface area contributed by atoms with E-state index >= 15 is 0 Å². The summed E-state index contributed by atoms with van der Waals surface area (Å²) in [6.45, 7) is 0. The molecule has 0 spiro atoms. The van der Waals surface area contributed by atoms with Crippen LogP contribution in [0.3, 0.4) is 0 Å². The Morgan fingerprint density at radius 1 is 1.36 bits per heavy atom. The molecule has 2 rings (SSSR count). The quantitative estimate of drug-likeness (QED) is 0.606. The molecule has 0 unspecified atom stereocenters. The van der Waals surface area contributed by atoms with Crippen molar-refractivity contribution in [1.82, 2.24) is 0 Å². The van der Waals surface area contributed by atoms with Crippen LogP contribution in [0.5, 0.6) is 5.75 Å².